The van der Waals surface area contributed by atoms with Crippen LogP contribution >= 0.6 is 22.9 Å². The van der Waals surface area contributed by atoms with E-state index in [1.807, 2.05) is 0 Å². The van der Waals surface area contributed by atoms with Crippen LogP contribution in [0.1, 0.15) is 36.4 Å². The molecule has 0 radical (unpaired) electrons. The van der Waals surface area contributed by atoms with Crippen LogP contribution in [-0.2, 0) is 18.8 Å². The Morgan fingerprint density at radius 1 is 1.30 bits per heavy atom. The number of aryl methyl sites for hydroxylation is 1. The number of aromatic nitrogens is 1. The highest BCUT2D eigenvalue weighted by atomic mass is 35.5. The quantitative estimate of drug-likeness (QED) is 0.679. The fourth-order valence-corrected chi connectivity index (χ4v) is 3.08. The van der Waals surface area contributed by atoms with Gasteiger partial charge in [-0.05, 0) is 42.5 Å². The van der Waals surface area contributed by atoms with E-state index in [-0.39, 0.29) is 0 Å². The van der Waals surface area contributed by atoms with E-state index in [0.717, 1.165) is 43.0 Å². The number of hydrogen-bond acceptors (Lipinski definition) is 3. The lowest BCUT2D eigenvalue weighted by Crippen LogP contribution is -2.23. The molecule has 20 heavy (non-hydrogen) atoms. The summed E-state index contributed by atoms with van der Waals surface area (Å²) in [6, 6.07) is 8.51. The molecule has 0 saturated heterocycles. The minimum atomic E-state index is 0.544. The number of alkyl halides is 1. The van der Waals surface area contributed by atoms with E-state index < -0.39 is 0 Å². The Morgan fingerprint density at radius 2 is 2.15 bits per heavy atom. The molecule has 4 heteroatoms. The van der Waals surface area contributed by atoms with Gasteiger partial charge in [0.05, 0.1) is 6.54 Å². The van der Waals surface area contributed by atoms with Crippen molar-refractivity contribution in [3.8, 4) is 0 Å². The summed E-state index contributed by atoms with van der Waals surface area (Å²) in [7, 11) is 0. The zero-order valence-electron chi connectivity index (χ0n) is 12.1. The van der Waals surface area contributed by atoms with Crippen LogP contribution in [0.3, 0.4) is 0 Å². The van der Waals surface area contributed by atoms with E-state index in [1.54, 1.807) is 11.3 Å². The summed E-state index contributed by atoms with van der Waals surface area (Å²) in [6.45, 7) is 6.21. The molecule has 2 nitrogen and oxygen atoms in total. The molecule has 2 aromatic heterocycles. The van der Waals surface area contributed by atoms with Gasteiger partial charge in [-0.1, -0.05) is 19.4 Å². The summed E-state index contributed by atoms with van der Waals surface area (Å²) in [4.78, 5) is 8.46. The van der Waals surface area contributed by atoms with Gasteiger partial charge >= 0.3 is 0 Å². The second-order valence-electron chi connectivity index (χ2n) is 4.80. The van der Waals surface area contributed by atoms with Crippen LogP contribution in [0.25, 0.3) is 0 Å². The number of pyridine rings is 1. The number of rotatable bonds is 7. The molecule has 0 bridgehead atoms. The summed E-state index contributed by atoms with van der Waals surface area (Å²) in [5.74, 6) is 1.59. The Bertz CT molecular complexity index is 525. The average molecular weight is 309 g/mol. The lowest BCUT2D eigenvalue weighted by Gasteiger charge is -2.22. The van der Waals surface area contributed by atoms with Crippen LogP contribution in [0.5, 0.6) is 0 Å². The molecule has 0 aliphatic carbocycles. The van der Waals surface area contributed by atoms with Gasteiger partial charge in [-0.2, -0.15) is 0 Å². The number of halogens is 1. The van der Waals surface area contributed by atoms with E-state index in [0.29, 0.717) is 5.88 Å². The van der Waals surface area contributed by atoms with E-state index in [1.165, 1.54) is 4.88 Å². The molecular formula is C16H21ClN2S. The molecule has 0 aliphatic heterocycles. The van der Waals surface area contributed by atoms with Crippen molar-refractivity contribution in [1.29, 1.82) is 0 Å². The molecule has 2 heterocycles. The highest BCUT2D eigenvalue weighted by Gasteiger charge is 2.10. The molecule has 0 unspecified atom stereocenters. The molecular weight excluding hydrogens is 288 g/mol. The number of hydrogen-bond donors (Lipinski definition) is 0. The van der Waals surface area contributed by atoms with Gasteiger partial charge in [-0.3, -0.25) is 0 Å². The first kappa shape index (κ1) is 15.3. The van der Waals surface area contributed by atoms with Crippen molar-refractivity contribution in [2.45, 2.75) is 39.1 Å². The van der Waals surface area contributed by atoms with Gasteiger partial charge in [0, 0.05) is 23.0 Å². The van der Waals surface area contributed by atoms with Crippen molar-refractivity contribution >= 4 is 28.8 Å². The van der Waals surface area contributed by atoms with Crippen LogP contribution in [0.2, 0.25) is 0 Å². The molecule has 0 amide bonds. The average Bonchev–Trinajstić information content (AvgIpc) is 2.97. The van der Waals surface area contributed by atoms with Crippen molar-refractivity contribution in [1.82, 2.24) is 4.98 Å². The molecule has 0 fully saturated rings. The molecule has 0 spiro atoms. The number of thiophene rings is 1. The lowest BCUT2D eigenvalue weighted by molar-refractivity contribution is 0.803. The first-order valence-electron chi connectivity index (χ1n) is 7.10. The normalized spacial score (nSPS) is 10.8. The number of anilines is 1. The Hall–Kier alpha value is -1.06. The van der Waals surface area contributed by atoms with Gasteiger partial charge < -0.3 is 4.90 Å². The SMILES string of the molecule is CCCc1cc(CCl)cc(N(CC)Cc2cccs2)n1. The van der Waals surface area contributed by atoms with Gasteiger partial charge in [0.1, 0.15) is 5.82 Å². The van der Waals surface area contributed by atoms with Crippen molar-refractivity contribution in [2.24, 2.45) is 0 Å². The topological polar surface area (TPSA) is 16.1 Å². The predicted molar refractivity (Wildman–Crippen MR) is 88.8 cm³/mol. The zero-order valence-corrected chi connectivity index (χ0v) is 13.7. The molecule has 108 valence electrons. The summed E-state index contributed by atoms with van der Waals surface area (Å²) in [6.07, 6.45) is 2.11. The predicted octanol–water partition coefficient (Wildman–Crippen LogP) is 4.86. The van der Waals surface area contributed by atoms with E-state index in [4.69, 9.17) is 16.6 Å². The minimum Gasteiger partial charge on any atom is -0.352 e. The van der Waals surface area contributed by atoms with Gasteiger partial charge in [0.15, 0.2) is 0 Å². The molecule has 2 rings (SSSR count). The fraction of sp³-hybridized carbons (Fsp3) is 0.438. The van der Waals surface area contributed by atoms with Crippen LogP contribution in [0, 0.1) is 0 Å². The van der Waals surface area contributed by atoms with Gasteiger partial charge in [-0.25, -0.2) is 4.98 Å². The zero-order chi connectivity index (χ0) is 14.4. The largest absolute Gasteiger partial charge is 0.352 e. The molecule has 0 aliphatic rings. The Balaban J connectivity index is 2.25. The fourth-order valence-electron chi connectivity index (χ4n) is 2.20. The highest BCUT2D eigenvalue weighted by Crippen LogP contribution is 2.21. The molecule has 0 saturated carbocycles. The van der Waals surface area contributed by atoms with E-state index >= 15 is 0 Å². The van der Waals surface area contributed by atoms with Gasteiger partial charge in [0.25, 0.3) is 0 Å². The Kier molecular flexibility index (Phi) is 5.86. The molecule has 0 N–H and O–H groups in total. The van der Waals surface area contributed by atoms with Gasteiger partial charge in [-0.15, -0.1) is 22.9 Å². The third-order valence-electron chi connectivity index (χ3n) is 3.22. The Labute approximate surface area is 130 Å². The smallest absolute Gasteiger partial charge is 0.129 e. The first-order valence-corrected chi connectivity index (χ1v) is 8.51. The molecule has 2 aromatic rings. The Morgan fingerprint density at radius 3 is 2.75 bits per heavy atom. The maximum Gasteiger partial charge on any atom is 0.129 e. The highest BCUT2D eigenvalue weighted by molar-refractivity contribution is 7.09. The van der Waals surface area contributed by atoms with Gasteiger partial charge in [0.2, 0.25) is 0 Å². The minimum absolute atomic E-state index is 0.544. The van der Waals surface area contributed by atoms with Crippen LogP contribution in [0.15, 0.2) is 29.6 Å². The summed E-state index contributed by atoms with van der Waals surface area (Å²) in [5, 5.41) is 2.12. The molecule has 0 atom stereocenters. The van der Waals surface area contributed by atoms with Crippen LogP contribution in [-0.4, -0.2) is 11.5 Å². The number of nitrogens with zero attached hydrogens (tertiary/aromatic N) is 2. The summed E-state index contributed by atoms with van der Waals surface area (Å²) in [5.41, 5.74) is 2.30. The maximum atomic E-state index is 6.02. The van der Waals surface area contributed by atoms with Crippen LogP contribution < -0.4 is 4.90 Å². The van der Waals surface area contributed by atoms with Crippen molar-refractivity contribution in [3.63, 3.8) is 0 Å². The van der Waals surface area contributed by atoms with Crippen molar-refractivity contribution in [3.05, 3.63) is 45.8 Å². The third kappa shape index (κ3) is 3.97. The maximum absolute atomic E-state index is 6.02. The third-order valence-corrected chi connectivity index (χ3v) is 4.39. The molecule has 0 aromatic carbocycles. The monoisotopic (exact) mass is 308 g/mol. The lowest BCUT2D eigenvalue weighted by atomic mass is 10.1. The van der Waals surface area contributed by atoms with Crippen molar-refractivity contribution < 1.29 is 0 Å². The first-order chi connectivity index (χ1) is 9.76. The van der Waals surface area contributed by atoms with E-state index in [9.17, 15) is 0 Å². The second kappa shape index (κ2) is 7.65. The van der Waals surface area contributed by atoms with Crippen LogP contribution in [0.4, 0.5) is 5.82 Å². The second-order valence-corrected chi connectivity index (χ2v) is 6.10. The standard InChI is InChI=1S/C16H21ClN2S/c1-3-6-14-9-13(11-17)10-16(18-14)19(4-2)12-15-7-5-8-20-15/h5,7-10H,3-4,6,11-12H2,1-2H3. The summed E-state index contributed by atoms with van der Waals surface area (Å²) >= 11 is 7.81. The summed E-state index contributed by atoms with van der Waals surface area (Å²) < 4.78 is 0. The van der Waals surface area contributed by atoms with E-state index in [2.05, 4.69) is 48.4 Å². The van der Waals surface area contributed by atoms with Crippen molar-refractivity contribution in [2.75, 3.05) is 11.4 Å².